The molecule has 1 aromatic carbocycles. The number of carbonyl (C=O) groups excluding carboxylic acids is 1. The van der Waals surface area contributed by atoms with Gasteiger partial charge in [-0.3, -0.25) is 9.63 Å². The van der Waals surface area contributed by atoms with E-state index in [9.17, 15) is 4.79 Å². The Kier molecular flexibility index (Phi) is 3.36. The summed E-state index contributed by atoms with van der Waals surface area (Å²) in [7, 11) is 0. The molecule has 0 saturated carbocycles. The van der Waals surface area contributed by atoms with E-state index in [1.54, 1.807) is 11.3 Å². The normalized spacial score (nSPS) is 12.7. The first kappa shape index (κ1) is 12.4. The Morgan fingerprint density at radius 3 is 2.95 bits per heavy atom. The Hall–Kier alpha value is -1.65. The van der Waals surface area contributed by atoms with Crippen LogP contribution in [0.3, 0.4) is 0 Å². The van der Waals surface area contributed by atoms with Crippen LogP contribution in [0.2, 0.25) is 0 Å². The SMILES string of the molecule is CCONC(=O)c1cc2c(s1)-c1ccccc1CC2. The van der Waals surface area contributed by atoms with E-state index in [0.717, 1.165) is 17.7 Å². The van der Waals surface area contributed by atoms with Gasteiger partial charge in [0.2, 0.25) is 0 Å². The Labute approximate surface area is 116 Å². The summed E-state index contributed by atoms with van der Waals surface area (Å²) in [6.45, 7) is 2.32. The van der Waals surface area contributed by atoms with Crippen molar-refractivity contribution in [1.82, 2.24) is 5.48 Å². The largest absolute Gasteiger partial charge is 0.284 e. The maximum absolute atomic E-state index is 11.9. The predicted octanol–water partition coefficient (Wildman–Crippen LogP) is 3.20. The number of hydrogen-bond donors (Lipinski definition) is 1. The van der Waals surface area contributed by atoms with Crippen LogP contribution in [-0.2, 0) is 17.7 Å². The first-order valence-electron chi connectivity index (χ1n) is 6.42. The average Bonchev–Trinajstić information content (AvgIpc) is 2.89. The van der Waals surface area contributed by atoms with Crippen LogP contribution in [0.25, 0.3) is 10.4 Å². The third kappa shape index (κ3) is 2.29. The number of nitrogens with one attached hydrogen (secondary N) is 1. The quantitative estimate of drug-likeness (QED) is 0.872. The zero-order valence-corrected chi connectivity index (χ0v) is 11.5. The lowest BCUT2D eigenvalue weighted by Crippen LogP contribution is -2.22. The van der Waals surface area contributed by atoms with Gasteiger partial charge in [0.25, 0.3) is 5.91 Å². The molecule has 3 rings (SSSR count). The van der Waals surface area contributed by atoms with Gasteiger partial charge in [-0.2, -0.15) is 0 Å². The highest BCUT2D eigenvalue weighted by Gasteiger charge is 2.21. The van der Waals surface area contributed by atoms with Crippen LogP contribution in [0, 0.1) is 0 Å². The third-order valence-corrected chi connectivity index (χ3v) is 4.48. The summed E-state index contributed by atoms with van der Waals surface area (Å²) in [5.41, 5.74) is 6.36. The monoisotopic (exact) mass is 273 g/mol. The maximum Gasteiger partial charge on any atom is 0.284 e. The molecule has 1 amide bonds. The number of rotatable bonds is 3. The zero-order chi connectivity index (χ0) is 13.2. The molecule has 2 aromatic rings. The fourth-order valence-corrected chi connectivity index (χ4v) is 3.53. The minimum atomic E-state index is -0.154. The minimum Gasteiger partial charge on any atom is -0.274 e. The standard InChI is InChI=1S/C15H15NO2S/c1-2-18-16-15(17)13-9-11-8-7-10-5-3-4-6-12(10)14(11)19-13/h3-6,9H,2,7-8H2,1H3,(H,16,17). The number of thiophene rings is 1. The minimum absolute atomic E-state index is 0.154. The highest BCUT2D eigenvalue weighted by atomic mass is 32.1. The summed E-state index contributed by atoms with van der Waals surface area (Å²) in [4.78, 5) is 18.8. The van der Waals surface area contributed by atoms with Crippen molar-refractivity contribution in [3.63, 3.8) is 0 Å². The molecule has 0 fully saturated rings. The molecular formula is C15H15NO2S. The highest BCUT2D eigenvalue weighted by Crippen LogP contribution is 2.39. The van der Waals surface area contributed by atoms with Crippen molar-refractivity contribution in [3.05, 3.63) is 46.3 Å². The molecule has 0 bridgehead atoms. The first-order valence-corrected chi connectivity index (χ1v) is 7.24. The molecule has 3 nitrogen and oxygen atoms in total. The topological polar surface area (TPSA) is 38.3 Å². The van der Waals surface area contributed by atoms with E-state index >= 15 is 0 Å². The number of fused-ring (bicyclic) bond motifs is 3. The Morgan fingerprint density at radius 2 is 2.11 bits per heavy atom. The fourth-order valence-electron chi connectivity index (χ4n) is 2.37. The smallest absolute Gasteiger partial charge is 0.274 e. The number of carbonyl (C=O) groups is 1. The molecule has 1 aromatic heterocycles. The summed E-state index contributed by atoms with van der Waals surface area (Å²) in [5.74, 6) is -0.154. The van der Waals surface area contributed by atoms with Crippen LogP contribution >= 0.6 is 11.3 Å². The van der Waals surface area contributed by atoms with Gasteiger partial charge in [-0.15, -0.1) is 11.3 Å². The highest BCUT2D eigenvalue weighted by molar-refractivity contribution is 7.17. The van der Waals surface area contributed by atoms with Crippen LogP contribution in [-0.4, -0.2) is 12.5 Å². The Balaban J connectivity index is 1.94. The number of amides is 1. The second kappa shape index (κ2) is 5.15. The van der Waals surface area contributed by atoms with E-state index in [0.29, 0.717) is 6.61 Å². The molecule has 98 valence electrons. The summed E-state index contributed by atoms with van der Waals surface area (Å²) in [5, 5.41) is 0. The number of hydrogen-bond acceptors (Lipinski definition) is 3. The second-order valence-corrected chi connectivity index (χ2v) is 5.54. The average molecular weight is 273 g/mol. The number of aryl methyl sites for hydroxylation is 2. The predicted molar refractivity (Wildman–Crippen MR) is 76.3 cm³/mol. The van der Waals surface area contributed by atoms with Crippen molar-refractivity contribution in [1.29, 1.82) is 0 Å². The molecule has 1 heterocycles. The van der Waals surface area contributed by atoms with Crippen molar-refractivity contribution < 1.29 is 9.63 Å². The van der Waals surface area contributed by atoms with E-state index in [2.05, 4.69) is 23.7 Å². The van der Waals surface area contributed by atoms with E-state index in [1.165, 1.54) is 21.6 Å². The third-order valence-electron chi connectivity index (χ3n) is 3.27. The lowest BCUT2D eigenvalue weighted by Gasteiger charge is -2.15. The molecule has 0 atom stereocenters. The van der Waals surface area contributed by atoms with Gasteiger partial charge in [0.15, 0.2) is 0 Å². The second-order valence-electron chi connectivity index (χ2n) is 4.49. The van der Waals surface area contributed by atoms with Crippen molar-refractivity contribution >= 4 is 17.2 Å². The number of benzene rings is 1. The van der Waals surface area contributed by atoms with Gasteiger partial charge >= 0.3 is 0 Å². The van der Waals surface area contributed by atoms with Gasteiger partial charge < -0.3 is 0 Å². The molecule has 0 saturated heterocycles. The van der Waals surface area contributed by atoms with Gasteiger partial charge in [0, 0.05) is 4.88 Å². The molecule has 19 heavy (non-hydrogen) atoms. The van der Waals surface area contributed by atoms with E-state index in [1.807, 2.05) is 19.1 Å². The molecule has 0 spiro atoms. The molecular weight excluding hydrogens is 258 g/mol. The molecule has 1 aliphatic rings. The van der Waals surface area contributed by atoms with Crippen molar-refractivity contribution in [2.24, 2.45) is 0 Å². The summed E-state index contributed by atoms with van der Waals surface area (Å²) in [6.07, 6.45) is 2.05. The van der Waals surface area contributed by atoms with Gasteiger partial charge in [-0.25, -0.2) is 5.48 Å². The maximum atomic E-state index is 11.9. The number of hydroxylamine groups is 1. The molecule has 1 N–H and O–H groups in total. The van der Waals surface area contributed by atoms with Crippen LogP contribution in [0.15, 0.2) is 30.3 Å². The lowest BCUT2D eigenvalue weighted by atomic mass is 9.91. The van der Waals surface area contributed by atoms with Crippen LogP contribution < -0.4 is 5.48 Å². The van der Waals surface area contributed by atoms with Crippen molar-refractivity contribution in [3.8, 4) is 10.4 Å². The van der Waals surface area contributed by atoms with Crippen LogP contribution in [0.1, 0.15) is 27.7 Å². The molecule has 1 aliphatic carbocycles. The van der Waals surface area contributed by atoms with Gasteiger partial charge in [-0.05, 0) is 42.5 Å². The van der Waals surface area contributed by atoms with E-state index in [4.69, 9.17) is 4.84 Å². The van der Waals surface area contributed by atoms with Crippen molar-refractivity contribution in [2.75, 3.05) is 6.61 Å². The van der Waals surface area contributed by atoms with Gasteiger partial charge in [-0.1, -0.05) is 24.3 Å². The van der Waals surface area contributed by atoms with Crippen LogP contribution in [0.4, 0.5) is 0 Å². The molecule has 0 aliphatic heterocycles. The summed E-state index contributed by atoms with van der Waals surface area (Å²) in [6, 6.07) is 10.4. The Morgan fingerprint density at radius 1 is 1.32 bits per heavy atom. The van der Waals surface area contributed by atoms with Gasteiger partial charge in [0.05, 0.1) is 11.5 Å². The van der Waals surface area contributed by atoms with Crippen molar-refractivity contribution in [2.45, 2.75) is 19.8 Å². The molecule has 0 radical (unpaired) electrons. The fraction of sp³-hybridized carbons (Fsp3) is 0.267. The summed E-state index contributed by atoms with van der Waals surface area (Å²) >= 11 is 1.54. The van der Waals surface area contributed by atoms with Crippen LogP contribution in [0.5, 0.6) is 0 Å². The molecule has 0 unspecified atom stereocenters. The molecule has 4 heteroatoms. The van der Waals surface area contributed by atoms with E-state index < -0.39 is 0 Å². The van der Waals surface area contributed by atoms with Gasteiger partial charge in [0.1, 0.15) is 0 Å². The zero-order valence-electron chi connectivity index (χ0n) is 10.7. The summed E-state index contributed by atoms with van der Waals surface area (Å²) < 4.78 is 0. The first-order chi connectivity index (χ1) is 9.29. The Bertz CT molecular complexity index is 618. The lowest BCUT2D eigenvalue weighted by molar-refractivity contribution is 0.0368. The van der Waals surface area contributed by atoms with E-state index in [-0.39, 0.29) is 5.91 Å².